The Morgan fingerprint density at radius 1 is 1.12 bits per heavy atom. The van der Waals surface area contributed by atoms with Crippen LogP contribution in [0.2, 0.25) is 0 Å². The van der Waals surface area contributed by atoms with Crippen LogP contribution in [0.3, 0.4) is 0 Å². The van der Waals surface area contributed by atoms with E-state index in [2.05, 4.69) is 10.3 Å². The summed E-state index contributed by atoms with van der Waals surface area (Å²) < 4.78 is 3.20. The van der Waals surface area contributed by atoms with E-state index in [9.17, 15) is 9.59 Å². The topological polar surface area (TPSA) is 73.0 Å². The zero-order chi connectivity index (χ0) is 17.4. The SMILES string of the molecule is Cn1cccc(C(=O)N2CC(n3cc(-c4ccccc4)nn3)C2)c1=O. The molecule has 1 aliphatic heterocycles. The molecule has 0 unspecified atom stereocenters. The Balaban J connectivity index is 1.46. The summed E-state index contributed by atoms with van der Waals surface area (Å²) in [6.45, 7) is 1.04. The molecule has 0 aliphatic carbocycles. The number of amides is 1. The van der Waals surface area contributed by atoms with Gasteiger partial charge in [0.05, 0.1) is 12.2 Å². The molecule has 1 saturated heterocycles. The molecule has 0 saturated carbocycles. The average molecular weight is 335 g/mol. The van der Waals surface area contributed by atoms with Crippen LogP contribution in [-0.2, 0) is 7.05 Å². The number of pyridine rings is 1. The van der Waals surface area contributed by atoms with Crippen LogP contribution in [0.1, 0.15) is 16.4 Å². The second-order valence-corrected chi connectivity index (χ2v) is 6.15. The van der Waals surface area contributed by atoms with Gasteiger partial charge in [0.15, 0.2) is 0 Å². The largest absolute Gasteiger partial charge is 0.334 e. The van der Waals surface area contributed by atoms with Crippen LogP contribution in [0.4, 0.5) is 0 Å². The van der Waals surface area contributed by atoms with Crippen molar-refractivity contribution in [3.8, 4) is 11.3 Å². The normalized spacial score (nSPS) is 14.4. The van der Waals surface area contributed by atoms with E-state index in [0.29, 0.717) is 13.1 Å². The minimum absolute atomic E-state index is 0.0847. The first-order chi connectivity index (χ1) is 12.1. The second kappa shape index (κ2) is 6.01. The van der Waals surface area contributed by atoms with E-state index in [4.69, 9.17) is 0 Å². The number of carbonyl (C=O) groups excluding carboxylic acids is 1. The van der Waals surface area contributed by atoms with Crippen LogP contribution in [0.15, 0.2) is 59.7 Å². The number of nitrogens with zero attached hydrogens (tertiary/aromatic N) is 5. The molecule has 0 atom stereocenters. The van der Waals surface area contributed by atoms with Gasteiger partial charge in [-0.25, -0.2) is 4.68 Å². The van der Waals surface area contributed by atoms with Gasteiger partial charge in [0.1, 0.15) is 11.3 Å². The highest BCUT2D eigenvalue weighted by Crippen LogP contribution is 2.24. The Bertz CT molecular complexity index is 970. The summed E-state index contributed by atoms with van der Waals surface area (Å²) in [4.78, 5) is 26.2. The van der Waals surface area contributed by atoms with Gasteiger partial charge in [0.2, 0.25) is 0 Å². The van der Waals surface area contributed by atoms with Crippen molar-refractivity contribution in [1.29, 1.82) is 0 Å². The highest BCUT2D eigenvalue weighted by Gasteiger charge is 2.34. The number of aryl methyl sites for hydroxylation is 1. The molecule has 7 heteroatoms. The number of hydrogen-bond acceptors (Lipinski definition) is 4. The van der Waals surface area contributed by atoms with Gasteiger partial charge in [-0.3, -0.25) is 9.59 Å². The van der Waals surface area contributed by atoms with E-state index in [-0.39, 0.29) is 23.1 Å². The van der Waals surface area contributed by atoms with Gasteiger partial charge in [-0.2, -0.15) is 0 Å². The summed E-state index contributed by atoms with van der Waals surface area (Å²) in [5.74, 6) is -0.235. The molecule has 1 amide bonds. The predicted molar refractivity (Wildman–Crippen MR) is 92.1 cm³/mol. The van der Waals surface area contributed by atoms with Gasteiger partial charge in [-0.15, -0.1) is 5.10 Å². The first-order valence-electron chi connectivity index (χ1n) is 8.05. The van der Waals surface area contributed by atoms with Crippen molar-refractivity contribution in [1.82, 2.24) is 24.5 Å². The van der Waals surface area contributed by atoms with Crippen molar-refractivity contribution in [2.75, 3.05) is 13.1 Å². The van der Waals surface area contributed by atoms with Crippen molar-refractivity contribution in [2.24, 2.45) is 7.05 Å². The van der Waals surface area contributed by atoms with Gasteiger partial charge in [-0.05, 0) is 12.1 Å². The van der Waals surface area contributed by atoms with Gasteiger partial charge in [-0.1, -0.05) is 35.5 Å². The lowest BCUT2D eigenvalue weighted by Crippen LogP contribution is -2.52. The molecular weight excluding hydrogens is 318 g/mol. The van der Waals surface area contributed by atoms with Crippen molar-refractivity contribution in [3.63, 3.8) is 0 Å². The molecule has 126 valence electrons. The second-order valence-electron chi connectivity index (χ2n) is 6.15. The van der Waals surface area contributed by atoms with Crippen LogP contribution in [0.5, 0.6) is 0 Å². The quantitative estimate of drug-likeness (QED) is 0.724. The van der Waals surface area contributed by atoms with Crippen LogP contribution in [-0.4, -0.2) is 43.5 Å². The number of benzene rings is 1. The molecule has 7 nitrogen and oxygen atoms in total. The predicted octanol–water partition coefficient (Wildman–Crippen LogP) is 1.34. The van der Waals surface area contributed by atoms with E-state index in [1.54, 1.807) is 35.0 Å². The van der Waals surface area contributed by atoms with Gasteiger partial charge >= 0.3 is 0 Å². The maximum Gasteiger partial charge on any atom is 0.263 e. The monoisotopic (exact) mass is 335 g/mol. The lowest BCUT2D eigenvalue weighted by atomic mass is 10.1. The van der Waals surface area contributed by atoms with Crippen molar-refractivity contribution in [2.45, 2.75) is 6.04 Å². The van der Waals surface area contributed by atoms with Crippen LogP contribution < -0.4 is 5.56 Å². The zero-order valence-corrected chi connectivity index (χ0v) is 13.7. The summed E-state index contributed by atoms with van der Waals surface area (Å²) in [5, 5.41) is 8.37. The van der Waals surface area contributed by atoms with E-state index in [1.807, 2.05) is 36.5 Å². The molecule has 0 N–H and O–H groups in total. The summed E-state index contributed by atoms with van der Waals surface area (Å²) in [7, 11) is 1.64. The highest BCUT2D eigenvalue weighted by atomic mass is 16.2. The van der Waals surface area contributed by atoms with Gasteiger partial charge < -0.3 is 9.47 Å². The molecule has 1 aliphatic rings. The number of likely N-dealkylation sites (tertiary alicyclic amines) is 1. The third kappa shape index (κ3) is 2.73. The van der Waals surface area contributed by atoms with Crippen molar-refractivity contribution >= 4 is 5.91 Å². The third-order valence-corrected chi connectivity index (χ3v) is 4.46. The molecule has 4 rings (SSSR count). The average Bonchev–Trinajstić information content (AvgIpc) is 3.06. The third-order valence-electron chi connectivity index (χ3n) is 4.46. The fraction of sp³-hybridized carbons (Fsp3) is 0.222. The maximum atomic E-state index is 12.5. The Labute approximate surface area is 144 Å². The van der Waals surface area contributed by atoms with Crippen LogP contribution >= 0.6 is 0 Å². The number of hydrogen-bond donors (Lipinski definition) is 0. The molecule has 25 heavy (non-hydrogen) atoms. The van der Waals surface area contributed by atoms with E-state index in [0.717, 1.165) is 11.3 Å². The summed E-state index contributed by atoms with van der Waals surface area (Å²) in [5.41, 5.74) is 1.74. The summed E-state index contributed by atoms with van der Waals surface area (Å²) in [6, 6.07) is 13.2. The van der Waals surface area contributed by atoms with Crippen LogP contribution in [0, 0.1) is 0 Å². The lowest BCUT2D eigenvalue weighted by Gasteiger charge is -2.38. The molecule has 0 radical (unpaired) electrons. The summed E-state index contributed by atoms with van der Waals surface area (Å²) >= 11 is 0. The minimum atomic E-state index is -0.275. The molecule has 1 aromatic carbocycles. The number of aromatic nitrogens is 4. The molecule has 2 aromatic heterocycles. The zero-order valence-electron chi connectivity index (χ0n) is 13.7. The highest BCUT2D eigenvalue weighted by molar-refractivity contribution is 5.94. The Morgan fingerprint density at radius 2 is 1.88 bits per heavy atom. The molecule has 0 bridgehead atoms. The number of carbonyl (C=O) groups is 1. The Kier molecular flexibility index (Phi) is 3.68. The molecule has 3 aromatic rings. The summed E-state index contributed by atoms with van der Waals surface area (Å²) in [6.07, 6.45) is 3.53. The van der Waals surface area contributed by atoms with Crippen molar-refractivity contribution < 1.29 is 4.79 Å². The van der Waals surface area contributed by atoms with Gasteiger partial charge in [0, 0.05) is 31.9 Å². The Hall–Kier alpha value is -3.22. The lowest BCUT2D eigenvalue weighted by molar-refractivity contribution is 0.0496. The maximum absolute atomic E-state index is 12.5. The molecule has 0 spiro atoms. The van der Waals surface area contributed by atoms with E-state index < -0.39 is 0 Å². The fourth-order valence-corrected chi connectivity index (χ4v) is 2.92. The molecular formula is C18H17N5O2. The molecule has 3 heterocycles. The van der Waals surface area contributed by atoms with Crippen LogP contribution in [0.25, 0.3) is 11.3 Å². The van der Waals surface area contributed by atoms with E-state index in [1.165, 1.54) is 4.57 Å². The Morgan fingerprint density at radius 3 is 2.64 bits per heavy atom. The fourth-order valence-electron chi connectivity index (χ4n) is 2.92. The smallest absolute Gasteiger partial charge is 0.263 e. The number of rotatable bonds is 3. The van der Waals surface area contributed by atoms with Gasteiger partial charge in [0.25, 0.3) is 11.5 Å². The first kappa shape index (κ1) is 15.3. The van der Waals surface area contributed by atoms with Crippen molar-refractivity contribution in [3.05, 3.63) is 70.8 Å². The van der Waals surface area contributed by atoms with E-state index >= 15 is 0 Å². The first-order valence-corrected chi connectivity index (χ1v) is 8.05. The minimum Gasteiger partial charge on any atom is -0.334 e. The molecule has 1 fully saturated rings. The standard InChI is InChI=1S/C18H17N5O2/c1-21-9-5-8-15(17(21)24)18(25)22-10-14(11-22)23-12-16(19-20-23)13-6-3-2-4-7-13/h2-9,12,14H,10-11H2,1H3.